The number of fused-ring (bicyclic) bond motifs is 4. The summed E-state index contributed by atoms with van der Waals surface area (Å²) in [4.78, 5) is 1.87. The van der Waals surface area contributed by atoms with Crippen molar-refractivity contribution in [2.45, 2.75) is 69.8 Å². The van der Waals surface area contributed by atoms with Crippen molar-refractivity contribution in [1.29, 1.82) is 0 Å². The Bertz CT molecular complexity index is 458. The molecule has 0 aromatic rings. The summed E-state index contributed by atoms with van der Waals surface area (Å²) in [5, 5.41) is 0. The summed E-state index contributed by atoms with van der Waals surface area (Å²) in [7, 11) is 5.66. The Kier molecular flexibility index (Phi) is 5.43. The third-order valence-corrected chi connectivity index (χ3v) is 8.54. The Morgan fingerprint density at radius 1 is 0.800 bits per heavy atom. The van der Waals surface area contributed by atoms with Crippen LogP contribution in [0.2, 0.25) is 0 Å². The zero-order chi connectivity index (χ0) is 17.6. The molecule has 1 N–H and O–H groups in total. The highest BCUT2D eigenvalue weighted by atomic mass is 16.5. The molecule has 0 aromatic carbocycles. The summed E-state index contributed by atoms with van der Waals surface area (Å²) in [6, 6.07) is 0.842. The smallest absolute Gasteiger partial charge is 0.0935 e. The van der Waals surface area contributed by atoms with Gasteiger partial charge in [0.15, 0.2) is 0 Å². The number of rotatable bonds is 3. The van der Waals surface area contributed by atoms with Crippen LogP contribution in [0.25, 0.3) is 0 Å². The standard InChI is InChI=1S/C21H37NO3/c1-13-16-7-8-19(24-3)21(25-4)18(16)12-22-10-9-14-5-6-15(23-2)11-17(14)20(13)22/h13-21H,5-12H2,1-4H3/p+1. The van der Waals surface area contributed by atoms with E-state index in [-0.39, 0.29) is 6.10 Å². The van der Waals surface area contributed by atoms with Gasteiger partial charge in [0, 0.05) is 39.1 Å². The van der Waals surface area contributed by atoms with Gasteiger partial charge < -0.3 is 19.1 Å². The van der Waals surface area contributed by atoms with Crippen molar-refractivity contribution < 1.29 is 19.1 Å². The van der Waals surface area contributed by atoms with E-state index >= 15 is 0 Å². The minimum Gasteiger partial charge on any atom is -0.381 e. The van der Waals surface area contributed by atoms with Gasteiger partial charge in [0.25, 0.3) is 0 Å². The van der Waals surface area contributed by atoms with Crippen LogP contribution in [0.15, 0.2) is 0 Å². The summed E-state index contributed by atoms with van der Waals surface area (Å²) in [6.45, 7) is 5.21. The topological polar surface area (TPSA) is 32.1 Å². The molecule has 2 saturated heterocycles. The average Bonchev–Trinajstić information content (AvgIpc) is 2.66. The molecule has 2 heterocycles. The third-order valence-electron chi connectivity index (χ3n) is 8.54. The van der Waals surface area contributed by atoms with E-state index in [0.29, 0.717) is 18.1 Å². The van der Waals surface area contributed by atoms with Gasteiger partial charge in [-0.1, -0.05) is 6.92 Å². The first-order valence-electron chi connectivity index (χ1n) is 10.6. The van der Waals surface area contributed by atoms with Crippen molar-refractivity contribution >= 4 is 0 Å². The average molecular weight is 353 g/mol. The lowest BCUT2D eigenvalue weighted by Crippen LogP contribution is -3.21. The third kappa shape index (κ3) is 3.07. The largest absolute Gasteiger partial charge is 0.381 e. The Balaban J connectivity index is 1.55. The van der Waals surface area contributed by atoms with Crippen LogP contribution >= 0.6 is 0 Å². The number of quaternary nitrogens is 1. The molecule has 2 aliphatic heterocycles. The summed E-state index contributed by atoms with van der Waals surface area (Å²) in [6.07, 6.45) is 8.95. The molecule has 0 radical (unpaired) electrons. The second-order valence-electron chi connectivity index (χ2n) is 9.26. The molecule has 0 bridgehead atoms. The molecular weight excluding hydrogens is 314 g/mol. The van der Waals surface area contributed by atoms with Crippen LogP contribution in [0.3, 0.4) is 0 Å². The number of ether oxygens (including phenoxy) is 3. The zero-order valence-corrected chi connectivity index (χ0v) is 16.6. The van der Waals surface area contributed by atoms with E-state index < -0.39 is 0 Å². The van der Waals surface area contributed by atoms with Gasteiger partial charge in [-0.05, 0) is 50.4 Å². The highest BCUT2D eigenvalue weighted by Gasteiger charge is 2.56. The molecule has 4 nitrogen and oxygen atoms in total. The number of hydrogen-bond donors (Lipinski definition) is 1. The monoisotopic (exact) mass is 352 g/mol. The zero-order valence-electron chi connectivity index (χ0n) is 16.6. The van der Waals surface area contributed by atoms with E-state index in [4.69, 9.17) is 14.2 Å². The van der Waals surface area contributed by atoms with E-state index in [1.165, 1.54) is 45.2 Å². The highest BCUT2D eigenvalue weighted by Crippen LogP contribution is 2.46. The predicted octanol–water partition coefficient (Wildman–Crippen LogP) is 1.78. The van der Waals surface area contributed by atoms with Gasteiger partial charge in [0.2, 0.25) is 0 Å². The molecule has 10 atom stereocenters. The first-order chi connectivity index (χ1) is 12.2. The fourth-order valence-electron chi connectivity index (χ4n) is 7.40. The van der Waals surface area contributed by atoms with Crippen LogP contribution in [-0.2, 0) is 14.2 Å². The summed E-state index contributed by atoms with van der Waals surface area (Å²) >= 11 is 0. The van der Waals surface area contributed by atoms with Gasteiger partial charge in [0.1, 0.15) is 0 Å². The van der Waals surface area contributed by atoms with Crippen molar-refractivity contribution in [3.63, 3.8) is 0 Å². The second kappa shape index (κ2) is 7.46. The maximum Gasteiger partial charge on any atom is 0.0935 e. The molecule has 25 heavy (non-hydrogen) atoms. The second-order valence-corrected chi connectivity index (χ2v) is 9.26. The van der Waals surface area contributed by atoms with E-state index in [1.807, 2.05) is 26.2 Å². The number of piperidine rings is 2. The Labute approximate surface area is 153 Å². The molecule has 0 aromatic heterocycles. The van der Waals surface area contributed by atoms with Gasteiger partial charge in [-0.25, -0.2) is 0 Å². The summed E-state index contributed by atoms with van der Waals surface area (Å²) < 4.78 is 17.5. The van der Waals surface area contributed by atoms with Gasteiger partial charge in [-0.2, -0.15) is 0 Å². The quantitative estimate of drug-likeness (QED) is 0.840. The number of hydrogen-bond acceptors (Lipinski definition) is 3. The lowest BCUT2D eigenvalue weighted by Gasteiger charge is -2.57. The van der Waals surface area contributed by atoms with Gasteiger partial charge in [-0.15, -0.1) is 0 Å². The molecule has 4 rings (SSSR count). The summed E-state index contributed by atoms with van der Waals surface area (Å²) in [5.74, 6) is 4.11. The Hall–Kier alpha value is -0.160. The Morgan fingerprint density at radius 2 is 1.64 bits per heavy atom. The summed E-state index contributed by atoms with van der Waals surface area (Å²) in [5.41, 5.74) is 0. The van der Waals surface area contributed by atoms with Crippen molar-refractivity contribution in [3.8, 4) is 0 Å². The minimum absolute atomic E-state index is 0.287. The minimum atomic E-state index is 0.287. The van der Waals surface area contributed by atoms with Crippen LogP contribution in [0.1, 0.15) is 45.4 Å². The predicted molar refractivity (Wildman–Crippen MR) is 97.7 cm³/mol. The molecule has 2 saturated carbocycles. The maximum atomic E-state index is 5.97. The van der Waals surface area contributed by atoms with Crippen LogP contribution in [0.5, 0.6) is 0 Å². The van der Waals surface area contributed by atoms with Gasteiger partial charge in [0.05, 0.1) is 37.4 Å². The van der Waals surface area contributed by atoms with Crippen LogP contribution in [0, 0.1) is 29.6 Å². The molecule has 144 valence electrons. The molecule has 4 heteroatoms. The molecule has 0 amide bonds. The lowest BCUT2D eigenvalue weighted by molar-refractivity contribution is -0.952. The van der Waals surface area contributed by atoms with Crippen molar-refractivity contribution in [2.75, 3.05) is 34.4 Å². The van der Waals surface area contributed by atoms with E-state index in [0.717, 1.165) is 36.1 Å². The number of methoxy groups -OCH3 is 3. The fourth-order valence-corrected chi connectivity index (χ4v) is 7.40. The van der Waals surface area contributed by atoms with Crippen LogP contribution in [0.4, 0.5) is 0 Å². The van der Waals surface area contributed by atoms with Crippen molar-refractivity contribution in [1.82, 2.24) is 0 Å². The SMILES string of the molecule is COC1CCC2CC[NH+]3CC4C(CCC(OC)C4OC)C(C)C3C2C1. The van der Waals surface area contributed by atoms with Crippen molar-refractivity contribution in [3.05, 3.63) is 0 Å². The van der Waals surface area contributed by atoms with E-state index in [1.54, 1.807) is 0 Å². The molecule has 2 aliphatic carbocycles. The first kappa shape index (κ1) is 18.2. The Morgan fingerprint density at radius 3 is 2.36 bits per heavy atom. The normalized spacial score (nSPS) is 52.8. The fraction of sp³-hybridized carbons (Fsp3) is 1.00. The molecule has 4 aliphatic rings. The molecule has 0 spiro atoms. The molecular formula is C21H38NO3+. The van der Waals surface area contributed by atoms with Crippen LogP contribution in [-0.4, -0.2) is 58.8 Å². The van der Waals surface area contributed by atoms with E-state index in [9.17, 15) is 0 Å². The van der Waals surface area contributed by atoms with E-state index in [2.05, 4.69) is 6.92 Å². The van der Waals surface area contributed by atoms with Crippen molar-refractivity contribution in [2.24, 2.45) is 29.6 Å². The maximum absolute atomic E-state index is 5.97. The van der Waals surface area contributed by atoms with Crippen LogP contribution < -0.4 is 4.90 Å². The molecule has 10 unspecified atom stereocenters. The highest BCUT2D eigenvalue weighted by molar-refractivity contribution is 4.99. The number of nitrogens with one attached hydrogen (secondary N) is 1. The van der Waals surface area contributed by atoms with Gasteiger partial charge in [-0.3, -0.25) is 0 Å². The molecule has 4 fully saturated rings. The first-order valence-corrected chi connectivity index (χ1v) is 10.6. The van der Waals surface area contributed by atoms with Gasteiger partial charge >= 0.3 is 0 Å². The lowest BCUT2D eigenvalue weighted by atomic mass is 9.58.